The van der Waals surface area contributed by atoms with E-state index in [0.717, 1.165) is 11.1 Å². The molecule has 6 nitrogen and oxygen atoms in total. The van der Waals surface area contributed by atoms with Gasteiger partial charge in [0, 0.05) is 11.3 Å². The molecule has 0 spiro atoms. The largest absolute Gasteiger partial charge is 0.507 e. The summed E-state index contributed by atoms with van der Waals surface area (Å²) in [4.78, 5) is 28.0. The number of ketones is 1. The molecule has 1 atom stereocenters. The smallest absolute Gasteiger partial charge is 0.300 e. The van der Waals surface area contributed by atoms with Crippen LogP contribution in [0.5, 0.6) is 5.75 Å². The zero-order chi connectivity index (χ0) is 26.6. The molecule has 1 aliphatic rings. The van der Waals surface area contributed by atoms with Crippen molar-refractivity contribution in [3.63, 3.8) is 0 Å². The monoisotopic (exact) mass is 500 g/mol. The molecule has 0 radical (unpaired) electrons. The number of rotatable bonds is 6. The molecule has 1 amide bonds. The Morgan fingerprint density at radius 3 is 2.21 bits per heavy atom. The fourth-order valence-corrected chi connectivity index (χ4v) is 4.60. The summed E-state index contributed by atoms with van der Waals surface area (Å²) >= 11 is 0. The Morgan fingerprint density at radius 2 is 1.58 bits per heavy atom. The second-order valence-corrected chi connectivity index (χ2v) is 8.99. The molecule has 1 unspecified atom stereocenters. The molecule has 1 N–H and O–H groups in total. The van der Waals surface area contributed by atoms with Crippen LogP contribution in [0.15, 0.2) is 109 Å². The van der Waals surface area contributed by atoms with E-state index < -0.39 is 17.7 Å². The first kappa shape index (κ1) is 24.5. The molecular formula is C32H24N2O4. The van der Waals surface area contributed by atoms with E-state index in [-0.39, 0.29) is 11.3 Å². The number of anilines is 1. The number of carbonyl (C=O) groups is 2. The van der Waals surface area contributed by atoms with Crippen molar-refractivity contribution < 1.29 is 19.4 Å². The molecule has 0 aliphatic carbocycles. The van der Waals surface area contributed by atoms with Crippen LogP contribution in [0, 0.1) is 18.3 Å². The Balaban J connectivity index is 1.54. The van der Waals surface area contributed by atoms with Gasteiger partial charge in [-0.2, -0.15) is 5.26 Å². The van der Waals surface area contributed by atoms with E-state index >= 15 is 0 Å². The van der Waals surface area contributed by atoms with Gasteiger partial charge in [-0.1, -0.05) is 60.7 Å². The highest BCUT2D eigenvalue weighted by molar-refractivity contribution is 6.51. The lowest BCUT2D eigenvalue weighted by atomic mass is 9.94. The van der Waals surface area contributed by atoms with Crippen molar-refractivity contribution in [1.29, 1.82) is 5.26 Å². The number of aliphatic hydroxyl groups excluding tert-OH is 1. The van der Waals surface area contributed by atoms with Crippen molar-refractivity contribution >= 4 is 23.1 Å². The van der Waals surface area contributed by atoms with Crippen LogP contribution in [0.3, 0.4) is 0 Å². The van der Waals surface area contributed by atoms with E-state index in [9.17, 15) is 14.7 Å². The highest BCUT2D eigenvalue weighted by atomic mass is 16.5. The molecule has 1 saturated heterocycles. The Labute approximate surface area is 220 Å². The van der Waals surface area contributed by atoms with E-state index in [1.807, 2.05) is 67.6 Å². The molecule has 1 aliphatic heterocycles. The normalized spacial score (nSPS) is 16.3. The second kappa shape index (κ2) is 10.5. The lowest BCUT2D eigenvalue weighted by Gasteiger charge is -2.25. The molecule has 6 heteroatoms. The number of hydrogen-bond acceptors (Lipinski definition) is 5. The number of carbonyl (C=O) groups excluding carboxylic acids is 2. The lowest BCUT2D eigenvalue weighted by molar-refractivity contribution is -0.132. The molecule has 186 valence electrons. The van der Waals surface area contributed by atoms with Crippen LogP contribution in [0.4, 0.5) is 5.69 Å². The van der Waals surface area contributed by atoms with E-state index in [1.54, 1.807) is 42.5 Å². The van der Waals surface area contributed by atoms with Crippen LogP contribution in [-0.4, -0.2) is 16.8 Å². The van der Waals surface area contributed by atoms with Gasteiger partial charge in [-0.15, -0.1) is 0 Å². The molecule has 0 aromatic heterocycles. The van der Waals surface area contributed by atoms with E-state index in [0.29, 0.717) is 34.7 Å². The summed E-state index contributed by atoms with van der Waals surface area (Å²) in [5.74, 6) is -1.12. The number of aryl methyl sites for hydroxylation is 1. The molecule has 5 rings (SSSR count). The molecule has 0 saturated carbocycles. The number of ether oxygens (including phenoxy) is 1. The zero-order valence-corrected chi connectivity index (χ0v) is 20.7. The van der Waals surface area contributed by atoms with Crippen molar-refractivity contribution in [3.8, 4) is 11.8 Å². The Kier molecular flexibility index (Phi) is 6.75. The molecule has 4 aromatic rings. The predicted octanol–water partition coefficient (Wildman–Crippen LogP) is 6.07. The minimum absolute atomic E-state index is 0.00270. The van der Waals surface area contributed by atoms with E-state index in [2.05, 4.69) is 6.07 Å². The molecule has 1 fully saturated rings. The van der Waals surface area contributed by atoms with Crippen LogP contribution in [0.1, 0.15) is 33.9 Å². The van der Waals surface area contributed by atoms with Gasteiger partial charge in [-0.3, -0.25) is 14.5 Å². The highest BCUT2D eigenvalue weighted by Gasteiger charge is 2.46. The third-order valence-electron chi connectivity index (χ3n) is 6.52. The van der Waals surface area contributed by atoms with Gasteiger partial charge in [-0.25, -0.2) is 0 Å². The van der Waals surface area contributed by atoms with Gasteiger partial charge in [0.2, 0.25) is 0 Å². The van der Waals surface area contributed by atoms with Crippen molar-refractivity contribution in [2.24, 2.45) is 0 Å². The molecule has 1 heterocycles. The summed E-state index contributed by atoms with van der Waals surface area (Å²) in [7, 11) is 0. The lowest BCUT2D eigenvalue weighted by Crippen LogP contribution is -2.29. The minimum atomic E-state index is -0.835. The van der Waals surface area contributed by atoms with Gasteiger partial charge >= 0.3 is 0 Å². The summed E-state index contributed by atoms with van der Waals surface area (Å²) in [6, 6.07) is 31.7. The van der Waals surface area contributed by atoms with Gasteiger partial charge in [0.1, 0.15) is 18.1 Å². The summed E-state index contributed by atoms with van der Waals surface area (Å²) < 4.78 is 5.96. The van der Waals surface area contributed by atoms with Crippen molar-refractivity contribution in [1.82, 2.24) is 0 Å². The minimum Gasteiger partial charge on any atom is -0.507 e. The average molecular weight is 501 g/mol. The van der Waals surface area contributed by atoms with Gasteiger partial charge in [0.15, 0.2) is 0 Å². The van der Waals surface area contributed by atoms with Crippen molar-refractivity contribution in [3.05, 3.63) is 137 Å². The van der Waals surface area contributed by atoms with Crippen LogP contribution >= 0.6 is 0 Å². The summed E-state index contributed by atoms with van der Waals surface area (Å²) in [6.07, 6.45) is 0. The Morgan fingerprint density at radius 1 is 0.921 bits per heavy atom. The van der Waals surface area contributed by atoms with Gasteiger partial charge < -0.3 is 9.84 Å². The van der Waals surface area contributed by atoms with Crippen molar-refractivity contribution in [2.45, 2.75) is 19.6 Å². The fraction of sp³-hybridized carbons (Fsp3) is 0.0938. The number of benzene rings is 4. The maximum absolute atomic E-state index is 13.3. The third-order valence-corrected chi connectivity index (χ3v) is 6.52. The highest BCUT2D eigenvalue weighted by Crippen LogP contribution is 2.42. The number of Topliss-reactive ketones (excluding diaryl/α,β-unsaturated/α-hetero) is 1. The summed E-state index contributed by atoms with van der Waals surface area (Å²) in [6.45, 7) is 2.26. The topological polar surface area (TPSA) is 90.6 Å². The number of aliphatic hydroxyl groups is 1. The Hall–Kier alpha value is -5.15. The number of amides is 1. The predicted molar refractivity (Wildman–Crippen MR) is 144 cm³/mol. The molecule has 38 heavy (non-hydrogen) atoms. The maximum Gasteiger partial charge on any atom is 0.300 e. The van der Waals surface area contributed by atoms with Crippen molar-refractivity contribution in [2.75, 3.05) is 4.90 Å². The first-order valence-corrected chi connectivity index (χ1v) is 12.1. The summed E-state index contributed by atoms with van der Waals surface area (Å²) in [5, 5.41) is 20.6. The molecular weight excluding hydrogens is 476 g/mol. The van der Waals surface area contributed by atoms with Gasteiger partial charge in [0.05, 0.1) is 23.2 Å². The molecule has 4 aromatic carbocycles. The zero-order valence-electron chi connectivity index (χ0n) is 20.7. The Bertz CT molecular complexity index is 1570. The standard InChI is InChI=1S/C32H24N2O4/c1-21-18-25(14-17-27(21)38-20-23-8-4-2-5-9-23)30(35)28-29(24-10-6-3-7-11-24)34(32(37)31(28)36)26-15-12-22(19-33)13-16-26/h2-18,29,35H,20H2,1H3/b30-28-. The van der Waals surface area contributed by atoms with Gasteiger partial charge in [0.25, 0.3) is 11.7 Å². The van der Waals surface area contributed by atoms with Crippen LogP contribution < -0.4 is 9.64 Å². The van der Waals surface area contributed by atoms with Crippen LogP contribution in [0.2, 0.25) is 0 Å². The summed E-state index contributed by atoms with van der Waals surface area (Å²) in [5.41, 5.74) is 3.80. The van der Waals surface area contributed by atoms with E-state index in [4.69, 9.17) is 10.00 Å². The van der Waals surface area contributed by atoms with E-state index in [1.165, 1.54) is 4.90 Å². The maximum atomic E-state index is 13.3. The third kappa shape index (κ3) is 4.65. The van der Waals surface area contributed by atoms with Gasteiger partial charge in [-0.05, 0) is 66.1 Å². The SMILES string of the molecule is Cc1cc(/C(O)=C2/C(=O)C(=O)N(c3ccc(C#N)cc3)C2c2ccccc2)ccc1OCc1ccccc1. The molecule has 0 bridgehead atoms. The first-order chi connectivity index (χ1) is 18.5. The number of hydrogen-bond donors (Lipinski definition) is 1. The number of nitrogens with zero attached hydrogens (tertiary/aromatic N) is 2. The fourth-order valence-electron chi connectivity index (χ4n) is 4.60. The quantitative estimate of drug-likeness (QED) is 0.197. The second-order valence-electron chi connectivity index (χ2n) is 8.99. The van der Waals surface area contributed by atoms with Crippen LogP contribution in [-0.2, 0) is 16.2 Å². The number of nitriles is 1. The first-order valence-electron chi connectivity index (χ1n) is 12.1. The van der Waals surface area contributed by atoms with Crippen LogP contribution in [0.25, 0.3) is 5.76 Å². The average Bonchev–Trinajstić information content (AvgIpc) is 3.23.